The van der Waals surface area contributed by atoms with Gasteiger partial charge in [-0.2, -0.15) is 5.26 Å². The van der Waals surface area contributed by atoms with Gasteiger partial charge in [-0.25, -0.2) is 4.79 Å². The summed E-state index contributed by atoms with van der Waals surface area (Å²) in [6.07, 6.45) is 0.706. The third kappa shape index (κ3) is 4.31. The van der Waals surface area contributed by atoms with Gasteiger partial charge < -0.3 is 19.8 Å². The number of nitrogens with one attached hydrogen (secondary N) is 2. The summed E-state index contributed by atoms with van der Waals surface area (Å²) < 4.78 is 12.2. The molecule has 2 unspecified atom stereocenters. The largest absolute Gasteiger partial charge is 0.419 e. The molecule has 8 nitrogen and oxygen atoms in total. The van der Waals surface area contributed by atoms with Crippen molar-refractivity contribution in [2.75, 3.05) is 19.7 Å². The predicted molar refractivity (Wildman–Crippen MR) is 113 cm³/mol. The normalized spacial score (nSPS) is 17.9. The Morgan fingerprint density at radius 1 is 1.43 bits per heavy atom. The number of hydrogen-bond acceptors (Lipinski definition) is 7. The SMILES string of the molecule is Cn1c(=O)oc2ccc(-c3ccc(CC(C#N)NC(=O)C4CNCCCO4)s3)cc21. The topological polar surface area (TPSA) is 109 Å². The number of carbonyl (C=O) groups excluding carboxylic acids is 1. The molecule has 0 bridgehead atoms. The van der Waals surface area contributed by atoms with E-state index in [-0.39, 0.29) is 5.91 Å². The van der Waals surface area contributed by atoms with E-state index < -0.39 is 17.9 Å². The Labute approximate surface area is 177 Å². The first-order valence-corrected chi connectivity index (χ1v) is 10.6. The van der Waals surface area contributed by atoms with Crippen LogP contribution < -0.4 is 16.4 Å². The lowest BCUT2D eigenvalue weighted by Gasteiger charge is -2.17. The molecular weight excluding hydrogens is 404 g/mol. The van der Waals surface area contributed by atoms with E-state index in [0.29, 0.717) is 25.2 Å². The minimum absolute atomic E-state index is 0.265. The third-order valence-electron chi connectivity index (χ3n) is 5.05. The van der Waals surface area contributed by atoms with Gasteiger partial charge in [0.1, 0.15) is 12.1 Å². The molecule has 1 amide bonds. The van der Waals surface area contributed by atoms with E-state index in [4.69, 9.17) is 9.15 Å². The number of aromatic nitrogens is 1. The molecule has 1 aliphatic heterocycles. The van der Waals surface area contributed by atoms with E-state index in [1.54, 1.807) is 24.5 Å². The van der Waals surface area contributed by atoms with Gasteiger partial charge in [-0.1, -0.05) is 0 Å². The van der Waals surface area contributed by atoms with Crippen LogP contribution in [0.25, 0.3) is 21.5 Å². The number of nitrogens with zero attached hydrogens (tertiary/aromatic N) is 2. The second-order valence-electron chi connectivity index (χ2n) is 7.19. The number of amides is 1. The number of ether oxygens (including phenoxy) is 1. The average Bonchev–Trinajstić information content (AvgIpc) is 3.19. The Morgan fingerprint density at radius 2 is 2.30 bits per heavy atom. The van der Waals surface area contributed by atoms with E-state index in [2.05, 4.69) is 16.7 Å². The van der Waals surface area contributed by atoms with Crippen molar-refractivity contribution in [2.45, 2.75) is 25.0 Å². The zero-order chi connectivity index (χ0) is 21.1. The molecule has 30 heavy (non-hydrogen) atoms. The third-order valence-corrected chi connectivity index (χ3v) is 6.21. The highest BCUT2D eigenvalue weighted by molar-refractivity contribution is 7.15. The first-order chi connectivity index (χ1) is 14.5. The van der Waals surface area contributed by atoms with Gasteiger partial charge >= 0.3 is 5.76 Å². The van der Waals surface area contributed by atoms with E-state index in [1.807, 2.05) is 24.3 Å². The highest BCUT2D eigenvalue weighted by Gasteiger charge is 2.23. The van der Waals surface area contributed by atoms with E-state index in [1.165, 1.54) is 4.57 Å². The maximum absolute atomic E-state index is 12.4. The van der Waals surface area contributed by atoms with Crippen molar-refractivity contribution in [3.8, 4) is 16.5 Å². The minimum Gasteiger partial charge on any atom is -0.408 e. The molecular formula is C21H22N4O4S. The van der Waals surface area contributed by atoms with Crippen LogP contribution in [0.1, 0.15) is 11.3 Å². The molecule has 2 aromatic heterocycles. The van der Waals surface area contributed by atoms with Gasteiger partial charge in [-0.05, 0) is 48.9 Å². The molecule has 0 spiro atoms. The molecule has 3 aromatic rings. The Balaban J connectivity index is 1.45. The van der Waals surface area contributed by atoms with E-state index in [9.17, 15) is 14.9 Å². The van der Waals surface area contributed by atoms with Gasteiger partial charge in [0.25, 0.3) is 5.91 Å². The monoisotopic (exact) mass is 426 g/mol. The predicted octanol–water partition coefficient (Wildman–Crippen LogP) is 1.79. The lowest BCUT2D eigenvalue weighted by molar-refractivity contribution is -0.132. The molecule has 9 heteroatoms. The van der Waals surface area contributed by atoms with Gasteiger partial charge in [0, 0.05) is 36.4 Å². The maximum atomic E-state index is 12.4. The van der Waals surface area contributed by atoms with Crippen LogP contribution in [-0.4, -0.2) is 42.3 Å². The molecule has 0 radical (unpaired) electrons. The molecule has 4 rings (SSSR count). The first kappa shape index (κ1) is 20.3. The van der Waals surface area contributed by atoms with E-state index >= 15 is 0 Å². The van der Waals surface area contributed by atoms with Crippen molar-refractivity contribution < 1.29 is 13.9 Å². The van der Waals surface area contributed by atoms with Crippen molar-refractivity contribution in [3.05, 3.63) is 45.8 Å². The van der Waals surface area contributed by atoms with Gasteiger partial charge in [0.15, 0.2) is 5.58 Å². The molecule has 0 aliphatic carbocycles. The molecule has 0 saturated carbocycles. The number of benzene rings is 1. The summed E-state index contributed by atoms with van der Waals surface area (Å²) in [5.74, 6) is -0.659. The van der Waals surface area contributed by atoms with Crippen molar-refractivity contribution in [1.82, 2.24) is 15.2 Å². The number of thiophene rings is 1. The molecule has 3 heterocycles. The Morgan fingerprint density at radius 3 is 3.13 bits per heavy atom. The standard InChI is InChI=1S/C21H22N4O4S/c1-25-16-9-13(3-5-17(16)29-21(25)27)19-6-4-15(30-19)10-14(11-22)24-20(26)18-12-23-7-2-8-28-18/h3-6,9,14,18,23H,2,7-8,10,12H2,1H3,(H,24,26). The summed E-state index contributed by atoms with van der Waals surface area (Å²) in [5, 5.41) is 15.5. The Hall–Kier alpha value is -2.93. The van der Waals surface area contributed by atoms with Gasteiger partial charge in [-0.15, -0.1) is 11.3 Å². The molecule has 156 valence electrons. The highest BCUT2D eigenvalue weighted by Crippen LogP contribution is 2.30. The Bertz CT molecular complexity index is 1150. The van der Waals surface area contributed by atoms with Crippen LogP contribution in [0.15, 0.2) is 39.5 Å². The number of fused-ring (bicyclic) bond motifs is 1. The molecule has 1 saturated heterocycles. The number of hydrogen-bond donors (Lipinski definition) is 2. The zero-order valence-corrected chi connectivity index (χ0v) is 17.3. The fourth-order valence-corrected chi connectivity index (χ4v) is 4.45. The molecule has 1 fully saturated rings. The number of nitriles is 1. The van der Waals surface area contributed by atoms with Crippen molar-refractivity contribution >= 4 is 28.3 Å². The number of oxazole rings is 1. The van der Waals surface area contributed by atoms with Crippen LogP contribution in [0.4, 0.5) is 0 Å². The first-order valence-electron chi connectivity index (χ1n) is 9.76. The smallest absolute Gasteiger partial charge is 0.408 e. The highest BCUT2D eigenvalue weighted by atomic mass is 32.1. The quantitative estimate of drug-likeness (QED) is 0.644. The summed E-state index contributed by atoms with van der Waals surface area (Å²) in [6.45, 7) is 1.80. The minimum atomic E-state index is -0.631. The van der Waals surface area contributed by atoms with Crippen LogP contribution in [0.3, 0.4) is 0 Å². The van der Waals surface area contributed by atoms with Crippen molar-refractivity contribution in [2.24, 2.45) is 7.05 Å². The summed E-state index contributed by atoms with van der Waals surface area (Å²) in [4.78, 5) is 26.1. The summed E-state index contributed by atoms with van der Waals surface area (Å²) in [5.41, 5.74) is 2.24. The number of aryl methyl sites for hydroxylation is 1. The van der Waals surface area contributed by atoms with Gasteiger partial charge in [-0.3, -0.25) is 9.36 Å². The van der Waals surface area contributed by atoms with Gasteiger partial charge in [0.05, 0.1) is 11.6 Å². The maximum Gasteiger partial charge on any atom is 0.419 e. The van der Waals surface area contributed by atoms with Gasteiger partial charge in [0.2, 0.25) is 0 Å². The van der Waals surface area contributed by atoms with Crippen LogP contribution in [-0.2, 0) is 23.0 Å². The van der Waals surface area contributed by atoms with Crippen molar-refractivity contribution in [1.29, 1.82) is 5.26 Å². The average molecular weight is 426 g/mol. The summed E-state index contributed by atoms with van der Waals surface area (Å²) in [7, 11) is 1.67. The lowest BCUT2D eigenvalue weighted by atomic mass is 10.1. The molecule has 1 aromatic carbocycles. The second-order valence-corrected chi connectivity index (χ2v) is 8.36. The summed E-state index contributed by atoms with van der Waals surface area (Å²) in [6, 6.07) is 11.1. The number of rotatable bonds is 5. The van der Waals surface area contributed by atoms with E-state index in [0.717, 1.165) is 33.8 Å². The molecule has 2 N–H and O–H groups in total. The van der Waals surface area contributed by atoms with Crippen LogP contribution in [0.5, 0.6) is 0 Å². The van der Waals surface area contributed by atoms with Crippen LogP contribution in [0.2, 0.25) is 0 Å². The number of carbonyl (C=O) groups is 1. The Kier molecular flexibility index (Phi) is 5.99. The second kappa shape index (κ2) is 8.83. The molecule has 2 atom stereocenters. The fraction of sp³-hybridized carbons (Fsp3) is 0.381. The van der Waals surface area contributed by atoms with Crippen LogP contribution in [0, 0.1) is 11.3 Å². The van der Waals surface area contributed by atoms with Crippen LogP contribution >= 0.6 is 11.3 Å². The summed E-state index contributed by atoms with van der Waals surface area (Å²) >= 11 is 1.55. The lowest BCUT2D eigenvalue weighted by Crippen LogP contribution is -2.46. The fourth-order valence-electron chi connectivity index (χ4n) is 3.40. The molecule has 1 aliphatic rings. The zero-order valence-electron chi connectivity index (χ0n) is 16.5. The van der Waals surface area contributed by atoms with Crippen molar-refractivity contribution in [3.63, 3.8) is 0 Å².